The summed E-state index contributed by atoms with van der Waals surface area (Å²) in [5.41, 5.74) is 1.58. The Bertz CT molecular complexity index is 921. The predicted molar refractivity (Wildman–Crippen MR) is 131 cm³/mol. The average Bonchev–Trinajstić information content (AvgIpc) is 2.89. The molecule has 0 unspecified atom stereocenters. The van der Waals surface area contributed by atoms with Gasteiger partial charge < -0.3 is 29.7 Å². The highest BCUT2D eigenvalue weighted by atomic mass is 16.5. The van der Waals surface area contributed by atoms with E-state index in [9.17, 15) is 9.59 Å². The molecule has 0 bridgehead atoms. The van der Waals surface area contributed by atoms with Gasteiger partial charge in [0.2, 0.25) is 11.7 Å². The second kappa shape index (κ2) is 12.7. The molecule has 2 N–H and O–H groups in total. The number of benzene rings is 2. The Hall–Kier alpha value is -3.46. The highest BCUT2D eigenvalue weighted by molar-refractivity contribution is 5.97. The molecular weight excluding hydrogens is 436 g/mol. The van der Waals surface area contributed by atoms with E-state index in [1.54, 1.807) is 12.1 Å². The van der Waals surface area contributed by atoms with Crippen LogP contribution in [0.5, 0.6) is 17.2 Å². The van der Waals surface area contributed by atoms with Gasteiger partial charge in [0.05, 0.1) is 27.9 Å². The average molecular weight is 471 g/mol. The Kier molecular flexibility index (Phi) is 9.40. The van der Waals surface area contributed by atoms with E-state index in [2.05, 4.69) is 44.7 Å². The minimum Gasteiger partial charge on any atom is -0.493 e. The SMILES string of the molecule is COc1cc(C(=O)NCC(=O)NCCCN2CCN(c3ccccc3)CC2)cc(OC)c1OC. The van der Waals surface area contributed by atoms with Crippen molar-refractivity contribution >= 4 is 17.5 Å². The fourth-order valence-electron chi connectivity index (χ4n) is 3.94. The molecule has 0 aromatic heterocycles. The van der Waals surface area contributed by atoms with Crippen LogP contribution in [0.4, 0.5) is 5.69 Å². The van der Waals surface area contributed by atoms with E-state index in [0.29, 0.717) is 29.4 Å². The van der Waals surface area contributed by atoms with Crippen molar-refractivity contribution in [3.05, 3.63) is 48.0 Å². The quantitative estimate of drug-likeness (QED) is 0.484. The summed E-state index contributed by atoms with van der Waals surface area (Å²) in [6.07, 6.45) is 0.859. The van der Waals surface area contributed by atoms with Crippen LogP contribution in [0.15, 0.2) is 42.5 Å². The molecule has 9 nitrogen and oxygen atoms in total. The number of nitrogens with one attached hydrogen (secondary N) is 2. The third-order valence-electron chi connectivity index (χ3n) is 5.80. The van der Waals surface area contributed by atoms with Crippen LogP contribution in [0.25, 0.3) is 0 Å². The van der Waals surface area contributed by atoms with E-state index < -0.39 is 5.91 Å². The van der Waals surface area contributed by atoms with Gasteiger partial charge in [-0.25, -0.2) is 0 Å². The van der Waals surface area contributed by atoms with Crippen molar-refractivity contribution in [3.8, 4) is 17.2 Å². The van der Waals surface area contributed by atoms with E-state index in [-0.39, 0.29) is 12.5 Å². The maximum Gasteiger partial charge on any atom is 0.251 e. The first kappa shape index (κ1) is 25.2. The van der Waals surface area contributed by atoms with Crippen molar-refractivity contribution in [2.45, 2.75) is 6.42 Å². The summed E-state index contributed by atoms with van der Waals surface area (Å²) in [5.74, 6) is 0.531. The van der Waals surface area contributed by atoms with Crippen LogP contribution in [0, 0.1) is 0 Å². The minimum absolute atomic E-state index is 0.106. The van der Waals surface area contributed by atoms with Crippen LogP contribution < -0.4 is 29.7 Å². The van der Waals surface area contributed by atoms with E-state index in [4.69, 9.17) is 14.2 Å². The van der Waals surface area contributed by atoms with Gasteiger partial charge in [0.25, 0.3) is 5.91 Å². The Morgan fingerprint density at radius 2 is 1.53 bits per heavy atom. The van der Waals surface area contributed by atoms with Crippen LogP contribution in [0.1, 0.15) is 16.8 Å². The molecule has 1 saturated heterocycles. The number of carbonyl (C=O) groups excluding carboxylic acids is 2. The molecule has 9 heteroatoms. The number of nitrogens with zero attached hydrogens (tertiary/aromatic N) is 2. The second-order valence-corrected chi connectivity index (χ2v) is 7.96. The zero-order valence-corrected chi connectivity index (χ0v) is 20.1. The number of para-hydroxylation sites is 1. The number of piperazine rings is 1. The summed E-state index contributed by atoms with van der Waals surface area (Å²) in [6, 6.07) is 13.6. The second-order valence-electron chi connectivity index (χ2n) is 7.96. The molecule has 34 heavy (non-hydrogen) atoms. The van der Waals surface area contributed by atoms with Crippen molar-refractivity contribution in [1.29, 1.82) is 0 Å². The van der Waals surface area contributed by atoms with Crippen molar-refractivity contribution < 1.29 is 23.8 Å². The molecule has 0 radical (unpaired) electrons. The molecule has 0 saturated carbocycles. The molecular formula is C25H34N4O5. The monoisotopic (exact) mass is 470 g/mol. The standard InChI is InChI=1S/C25H34N4O5/c1-32-21-16-19(17-22(33-2)24(21)34-3)25(31)27-18-23(30)26-10-7-11-28-12-14-29(15-13-28)20-8-5-4-6-9-20/h4-6,8-9,16-17H,7,10-15,18H2,1-3H3,(H,26,30)(H,27,31). The van der Waals surface area contributed by atoms with Gasteiger partial charge in [-0.2, -0.15) is 0 Å². The largest absolute Gasteiger partial charge is 0.493 e. The number of hydrogen-bond acceptors (Lipinski definition) is 7. The number of methoxy groups -OCH3 is 3. The van der Waals surface area contributed by atoms with Gasteiger partial charge in [0.15, 0.2) is 11.5 Å². The number of anilines is 1. The van der Waals surface area contributed by atoms with Crippen LogP contribution in [0.3, 0.4) is 0 Å². The van der Waals surface area contributed by atoms with Gasteiger partial charge in [-0.05, 0) is 37.2 Å². The van der Waals surface area contributed by atoms with Gasteiger partial charge in [-0.1, -0.05) is 18.2 Å². The third-order valence-corrected chi connectivity index (χ3v) is 5.80. The Morgan fingerprint density at radius 1 is 0.882 bits per heavy atom. The van der Waals surface area contributed by atoms with Crippen molar-refractivity contribution in [2.75, 3.05) is 72.0 Å². The van der Waals surface area contributed by atoms with Gasteiger partial charge in [-0.3, -0.25) is 14.5 Å². The summed E-state index contributed by atoms with van der Waals surface area (Å²) < 4.78 is 15.8. The summed E-state index contributed by atoms with van der Waals surface area (Å²) in [6.45, 7) is 5.41. The van der Waals surface area contributed by atoms with Gasteiger partial charge in [-0.15, -0.1) is 0 Å². The van der Waals surface area contributed by atoms with Crippen LogP contribution >= 0.6 is 0 Å². The Balaban J connectivity index is 1.35. The molecule has 0 aliphatic carbocycles. The molecule has 3 rings (SSSR count). The summed E-state index contributed by atoms with van der Waals surface area (Å²) >= 11 is 0. The number of carbonyl (C=O) groups is 2. The van der Waals surface area contributed by atoms with E-state index in [1.165, 1.54) is 27.0 Å². The maximum absolute atomic E-state index is 12.5. The lowest BCUT2D eigenvalue weighted by atomic mass is 10.1. The molecule has 2 aromatic rings. The molecule has 1 aliphatic rings. The molecule has 1 fully saturated rings. The van der Waals surface area contributed by atoms with Gasteiger partial charge >= 0.3 is 0 Å². The van der Waals surface area contributed by atoms with E-state index in [0.717, 1.165) is 39.1 Å². The highest BCUT2D eigenvalue weighted by Crippen LogP contribution is 2.38. The first-order chi connectivity index (χ1) is 16.5. The first-order valence-electron chi connectivity index (χ1n) is 11.4. The summed E-state index contributed by atoms with van der Waals surface area (Å²) in [7, 11) is 4.46. The zero-order chi connectivity index (χ0) is 24.3. The fraction of sp³-hybridized carbons (Fsp3) is 0.440. The molecule has 1 heterocycles. The van der Waals surface area contributed by atoms with E-state index >= 15 is 0 Å². The third kappa shape index (κ3) is 6.77. The molecule has 0 atom stereocenters. The maximum atomic E-state index is 12.5. The highest BCUT2D eigenvalue weighted by Gasteiger charge is 2.18. The van der Waals surface area contributed by atoms with Gasteiger partial charge in [0.1, 0.15) is 0 Å². The smallest absolute Gasteiger partial charge is 0.251 e. The van der Waals surface area contributed by atoms with Gasteiger partial charge in [0, 0.05) is 44.0 Å². The van der Waals surface area contributed by atoms with Crippen LogP contribution in [0.2, 0.25) is 0 Å². The Morgan fingerprint density at radius 3 is 2.12 bits per heavy atom. The van der Waals surface area contributed by atoms with Crippen molar-refractivity contribution in [1.82, 2.24) is 15.5 Å². The lowest BCUT2D eigenvalue weighted by molar-refractivity contribution is -0.120. The normalized spacial score (nSPS) is 13.8. The number of ether oxygens (including phenoxy) is 3. The predicted octanol–water partition coefficient (Wildman–Crippen LogP) is 1.77. The van der Waals surface area contributed by atoms with Crippen molar-refractivity contribution in [3.63, 3.8) is 0 Å². The summed E-state index contributed by atoms with van der Waals surface area (Å²) in [4.78, 5) is 29.5. The summed E-state index contributed by atoms with van der Waals surface area (Å²) in [5, 5.41) is 5.50. The Labute approximate surface area is 201 Å². The van der Waals surface area contributed by atoms with Crippen LogP contribution in [-0.2, 0) is 4.79 Å². The topological polar surface area (TPSA) is 92.4 Å². The molecule has 0 spiro atoms. The fourth-order valence-corrected chi connectivity index (χ4v) is 3.94. The molecule has 2 amide bonds. The first-order valence-corrected chi connectivity index (χ1v) is 11.4. The lowest BCUT2D eigenvalue weighted by Gasteiger charge is -2.36. The number of amides is 2. The van der Waals surface area contributed by atoms with Crippen LogP contribution in [-0.4, -0.2) is 83.9 Å². The number of rotatable bonds is 11. The number of hydrogen-bond donors (Lipinski definition) is 2. The minimum atomic E-state index is -0.398. The lowest BCUT2D eigenvalue weighted by Crippen LogP contribution is -2.47. The zero-order valence-electron chi connectivity index (χ0n) is 20.1. The van der Waals surface area contributed by atoms with Crippen molar-refractivity contribution in [2.24, 2.45) is 0 Å². The molecule has 184 valence electrons. The molecule has 1 aliphatic heterocycles. The molecule has 2 aromatic carbocycles. The van der Waals surface area contributed by atoms with E-state index in [1.807, 2.05) is 6.07 Å².